The van der Waals surface area contributed by atoms with E-state index in [1.807, 2.05) is 32.0 Å². The third kappa shape index (κ3) is 6.46. The maximum absolute atomic E-state index is 11.7. The second-order valence-corrected chi connectivity index (χ2v) is 6.54. The van der Waals surface area contributed by atoms with Crippen molar-refractivity contribution in [2.75, 3.05) is 37.6 Å². The van der Waals surface area contributed by atoms with E-state index >= 15 is 0 Å². The summed E-state index contributed by atoms with van der Waals surface area (Å²) in [6, 6.07) is 8.21. The van der Waals surface area contributed by atoms with Gasteiger partial charge in [-0.15, -0.1) is 0 Å². The van der Waals surface area contributed by atoms with E-state index in [1.165, 1.54) is 0 Å². The van der Waals surface area contributed by atoms with Gasteiger partial charge in [-0.2, -0.15) is 0 Å². The summed E-state index contributed by atoms with van der Waals surface area (Å²) in [5, 5.41) is 10.2. The van der Waals surface area contributed by atoms with Gasteiger partial charge in [0.2, 0.25) is 5.91 Å². The molecule has 1 aromatic rings. The summed E-state index contributed by atoms with van der Waals surface area (Å²) in [6.07, 6.45) is 1.94. The van der Waals surface area contributed by atoms with E-state index in [-0.39, 0.29) is 18.5 Å². The van der Waals surface area contributed by atoms with Gasteiger partial charge in [0.25, 0.3) is 0 Å². The predicted octanol–water partition coefficient (Wildman–Crippen LogP) is 2.00. The zero-order chi connectivity index (χ0) is 18.1. The zero-order valence-electron chi connectivity index (χ0n) is 15.0. The minimum Gasteiger partial charge on any atom is -0.369 e. The molecule has 0 aromatic heterocycles. The fourth-order valence-electron chi connectivity index (χ4n) is 2.77. The largest absolute Gasteiger partial charge is 0.369 e. The molecule has 1 aromatic carbocycles. The average Bonchev–Trinajstić information content (AvgIpc) is 3.06. The highest BCUT2D eigenvalue weighted by Crippen LogP contribution is 2.23. The number of amides is 1. The fraction of sp³-hybridized carbons (Fsp3) is 0.556. The number of guanidine groups is 1. The van der Waals surface area contributed by atoms with Crippen LogP contribution < -0.4 is 20.9 Å². The number of benzene rings is 1. The summed E-state index contributed by atoms with van der Waals surface area (Å²) >= 11 is 6.08. The number of nitrogens with zero attached hydrogens (tertiary/aromatic N) is 2. The molecule has 1 aliphatic heterocycles. The first-order chi connectivity index (χ1) is 12.1. The highest BCUT2D eigenvalue weighted by Gasteiger charge is 2.23. The molecule has 0 aliphatic carbocycles. The molecule has 6 nitrogen and oxygen atoms in total. The summed E-state index contributed by atoms with van der Waals surface area (Å²) in [4.78, 5) is 18.4. The van der Waals surface area contributed by atoms with Crippen molar-refractivity contribution in [1.82, 2.24) is 16.0 Å². The van der Waals surface area contributed by atoms with E-state index < -0.39 is 0 Å². The number of carbonyl (C=O) groups excluding carboxylic acids is 1. The van der Waals surface area contributed by atoms with Crippen LogP contribution in [0.25, 0.3) is 0 Å². The Morgan fingerprint density at radius 3 is 2.92 bits per heavy atom. The molecular formula is C18H28ClN5O. The zero-order valence-corrected chi connectivity index (χ0v) is 15.8. The van der Waals surface area contributed by atoms with Crippen molar-refractivity contribution >= 4 is 29.2 Å². The molecular weight excluding hydrogens is 338 g/mol. The quantitative estimate of drug-likeness (QED) is 0.510. The molecule has 0 radical (unpaired) electrons. The van der Waals surface area contributed by atoms with Crippen molar-refractivity contribution in [2.45, 2.75) is 32.7 Å². The Labute approximate surface area is 155 Å². The van der Waals surface area contributed by atoms with Crippen LogP contribution in [0, 0.1) is 0 Å². The maximum atomic E-state index is 11.7. The van der Waals surface area contributed by atoms with E-state index in [0.717, 1.165) is 43.2 Å². The molecule has 0 bridgehead atoms. The topological polar surface area (TPSA) is 68.8 Å². The second-order valence-electron chi connectivity index (χ2n) is 6.10. The molecule has 0 saturated carbocycles. The van der Waals surface area contributed by atoms with Crippen LogP contribution in [0.15, 0.2) is 29.3 Å². The Kier molecular flexibility index (Phi) is 7.85. The van der Waals surface area contributed by atoms with Gasteiger partial charge in [0.15, 0.2) is 5.96 Å². The molecule has 1 unspecified atom stereocenters. The summed E-state index contributed by atoms with van der Waals surface area (Å²) in [5.74, 6) is 0.637. The van der Waals surface area contributed by atoms with Gasteiger partial charge in [0.1, 0.15) is 6.54 Å². The minimum atomic E-state index is -0.0500. The van der Waals surface area contributed by atoms with Gasteiger partial charge >= 0.3 is 0 Å². The van der Waals surface area contributed by atoms with Crippen molar-refractivity contribution in [2.24, 2.45) is 4.99 Å². The number of halogens is 1. The number of aliphatic imine (C=N–C) groups is 1. The predicted molar refractivity (Wildman–Crippen MR) is 104 cm³/mol. The Morgan fingerprint density at radius 1 is 1.36 bits per heavy atom. The molecule has 0 spiro atoms. The first-order valence-corrected chi connectivity index (χ1v) is 9.32. The first-order valence-electron chi connectivity index (χ1n) is 8.94. The van der Waals surface area contributed by atoms with Crippen LogP contribution in [0.2, 0.25) is 5.02 Å². The molecule has 1 amide bonds. The lowest BCUT2D eigenvalue weighted by molar-refractivity contribution is -0.119. The summed E-state index contributed by atoms with van der Waals surface area (Å²) in [5.41, 5.74) is 1.14. The molecule has 138 valence electrons. The van der Waals surface area contributed by atoms with E-state index in [1.54, 1.807) is 0 Å². The monoisotopic (exact) mass is 365 g/mol. The molecule has 1 heterocycles. The highest BCUT2D eigenvalue weighted by atomic mass is 35.5. The van der Waals surface area contributed by atoms with E-state index in [4.69, 9.17) is 11.6 Å². The number of rotatable bonds is 7. The number of carbonyl (C=O) groups is 1. The van der Waals surface area contributed by atoms with Crippen LogP contribution in [-0.4, -0.2) is 50.6 Å². The summed E-state index contributed by atoms with van der Waals surface area (Å²) in [6.45, 7) is 7.48. The highest BCUT2D eigenvalue weighted by molar-refractivity contribution is 6.30. The molecule has 7 heteroatoms. The van der Waals surface area contributed by atoms with Crippen molar-refractivity contribution in [3.63, 3.8) is 0 Å². The van der Waals surface area contributed by atoms with Gasteiger partial charge in [-0.3, -0.25) is 4.79 Å². The van der Waals surface area contributed by atoms with Crippen LogP contribution in [-0.2, 0) is 4.79 Å². The Hall–Kier alpha value is -1.95. The Bertz CT molecular complexity index is 593. The third-order valence-corrected chi connectivity index (χ3v) is 4.23. The Morgan fingerprint density at radius 2 is 2.20 bits per heavy atom. The van der Waals surface area contributed by atoms with Crippen LogP contribution in [0.5, 0.6) is 0 Å². The van der Waals surface area contributed by atoms with E-state index in [9.17, 15) is 4.79 Å². The summed E-state index contributed by atoms with van der Waals surface area (Å²) < 4.78 is 0. The van der Waals surface area contributed by atoms with Gasteiger partial charge in [0.05, 0.1) is 0 Å². The molecule has 1 aliphatic rings. The second kappa shape index (κ2) is 10.1. The lowest BCUT2D eigenvalue weighted by Crippen LogP contribution is -2.45. The standard InChI is InChI=1S/C18H28ClN5O/c1-3-9-21-17(25)12-22-18(20-4-2)23-15-8-10-24(13-15)16-7-5-6-14(19)11-16/h5-7,11,15H,3-4,8-10,12-13H2,1-2H3,(H,21,25)(H2,20,22,23). The first kappa shape index (κ1) is 19.4. The number of nitrogens with one attached hydrogen (secondary N) is 3. The van der Waals surface area contributed by atoms with E-state index in [2.05, 4.69) is 31.9 Å². The van der Waals surface area contributed by atoms with Crippen LogP contribution in [0.3, 0.4) is 0 Å². The summed E-state index contributed by atoms with van der Waals surface area (Å²) in [7, 11) is 0. The van der Waals surface area contributed by atoms with Crippen LogP contribution >= 0.6 is 11.6 Å². The van der Waals surface area contributed by atoms with Gasteiger partial charge in [0, 0.05) is 42.9 Å². The van der Waals surface area contributed by atoms with E-state index in [0.29, 0.717) is 12.5 Å². The average molecular weight is 366 g/mol. The number of hydrogen-bond donors (Lipinski definition) is 3. The molecule has 3 N–H and O–H groups in total. The Balaban J connectivity index is 1.88. The molecule has 1 fully saturated rings. The van der Waals surface area contributed by atoms with Crippen molar-refractivity contribution < 1.29 is 4.79 Å². The fourth-order valence-corrected chi connectivity index (χ4v) is 2.95. The normalized spacial score (nSPS) is 17.5. The minimum absolute atomic E-state index is 0.0500. The maximum Gasteiger partial charge on any atom is 0.241 e. The van der Waals surface area contributed by atoms with Crippen LogP contribution in [0.4, 0.5) is 5.69 Å². The SMILES string of the molecule is CCCNC(=O)CN=C(NCC)NC1CCN(c2cccc(Cl)c2)C1. The molecule has 25 heavy (non-hydrogen) atoms. The van der Waals surface area contributed by atoms with Crippen molar-refractivity contribution in [1.29, 1.82) is 0 Å². The van der Waals surface area contributed by atoms with Gasteiger partial charge in [-0.1, -0.05) is 24.6 Å². The molecule has 1 saturated heterocycles. The number of anilines is 1. The van der Waals surface area contributed by atoms with Crippen LogP contribution in [0.1, 0.15) is 26.7 Å². The molecule has 1 atom stereocenters. The van der Waals surface area contributed by atoms with Crippen molar-refractivity contribution in [3.8, 4) is 0 Å². The lowest BCUT2D eigenvalue weighted by atomic mass is 10.3. The van der Waals surface area contributed by atoms with Gasteiger partial charge in [-0.05, 0) is 38.0 Å². The number of hydrogen-bond acceptors (Lipinski definition) is 3. The molecule has 2 rings (SSSR count). The third-order valence-electron chi connectivity index (χ3n) is 4.00. The van der Waals surface area contributed by atoms with Crippen molar-refractivity contribution in [3.05, 3.63) is 29.3 Å². The van der Waals surface area contributed by atoms with Gasteiger partial charge < -0.3 is 20.9 Å². The van der Waals surface area contributed by atoms with Gasteiger partial charge in [-0.25, -0.2) is 4.99 Å². The lowest BCUT2D eigenvalue weighted by Gasteiger charge is -2.20. The smallest absolute Gasteiger partial charge is 0.241 e.